The minimum Gasteiger partial charge on any atom is -0.356 e. The van der Waals surface area contributed by atoms with Crippen LogP contribution in [0, 0.1) is 0 Å². The molecule has 0 aliphatic heterocycles. The zero-order valence-corrected chi connectivity index (χ0v) is 17.4. The lowest BCUT2D eigenvalue weighted by molar-refractivity contribution is -0.121. The van der Waals surface area contributed by atoms with Gasteiger partial charge in [0.2, 0.25) is 11.8 Å². The van der Waals surface area contributed by atoms with Crippen molar-refractivity contribution in [3.8, 4) is 0 Å². The number of hydrogen-bond acceptors (Lipinski definition) is 3. The summed E-state index contributed by atoms with van der Waals surface area (Å²) in [5, 5.41) is 6.14. The SMILES string of the molecule is CC(=O)NCCCC(=O)c1ccc(Cl)cc1CCC(=O)NCCc1ccccc1. The van der Waals surface area contributed by atoms with Crippen molar-refractivity contribution in [1.29, 1.82) is 0 Å². The molecule has 0 fully saturated rings. The molecule has 0 bridgehead atoms. The van der Waals surface area contributed by atoms with Crippen LogP contribution in [0.5, 0.6) is 0 Å². The van der Waals surface area contributed by atoms with E-state index in [9.17, 15) is 14.4 Å². The summed E-state index contributed by atoms with van der Waals surface area (Å²) in [6.07, 6.45) is 2.42. The van der Waals surface area contributed by atoms with Crippen molar-refractivity contribution >= 4 is 29.2 Å². The molecule has 29 heavy (non-hydrogen) atoms. The maximum Gasteiger partial charge on any atom is 0.220 e. The summed E-state index contributed by atoms with van der Waals surface area (Å²) < 4.78 is 0. The first-order valence-electron chi connectivity index (χ1n) is 9.82. The van der Waals surface area contributed by atoms with Gasteiger partial charge in [-0.3, -0.25) is 14.4 Å². The van der Waals surface area contributed by atoms with E-state index in [2.05, 4.69) is 10.6 Å². The Morgan fingerprint density at radius 2 is 1.66 bits per heavy atom. The number of carbonyl (C=O) groups is 3. The van der Waals surface area contributed by atoms with Crippen molar-refractivity contribution in [2.45, 2.75) is 39.0 Å². The van der Waals surface area contributed by atoms with Gasteiger partial charge in [-0.1, -0.05) is 41.9 Å². The Balaban J connectivity index is 1.84. The summed E-state index contributed by atoms with van der Waals surface area (Å²) in [4.78, 5) is 35.6. The molecule has 0 aliphatic carbocycles. The molecule has 2 amide bonds. The topological polar surface area (TPSA) is 75.3 Å². The third kappa shape index (κ3) is 8.48. The van der Waals surface area contributed by atoms with Crippen molar-refractivity contribution in [1.82, 2.24) is 10.6 Å². The Morgan fingerprint density at radius 1 is 0.897 bits per heavy atom. The highest BCUT2D eigenvalue weighted by Gasteiger charge is 2.13. The van der Waals surface area contributed by atoms with Crippen LogP contribution < -0.4 is 10.6 Å². The zero-order chi connectivity index (χ0) is 21.1. The summed E-state index contributed by atoms with van der Waals surface area (Å²) in [5.74, 6) is -0.167. The van der Waals surface area contributed by atoms with Gasteiger partial charge < -0.3 is 10.6 Å². The number of carbonyl (C=O) groups excluding carboxylic acids is 3. The summed E-state index contributed by atoms with van der Waals surface area (Å²) in [6.45, 7) is 2.49. The standard InChI is InChI=1S/C23H27ClN2O3/c1-17(27)25-14-5-8-22(28)21-11-10-20(24)16-19(21)9-12-23(29)26-15-13-18-6-3-2-4-7-18/h2-4,6-7,10-11,16H,5,8-9,12-15H2,1H3,(H,25,27)(H,26,29). The second-order valence-electron chi connectivity index (χ2n) is 6.90. The average Bonchev–Trinajstić information content (AvgIpc) is 2.70. The van der Waals surface area contributed by atoms with Crippen molar-refractivity contribution in [3.05, 3.63) is 70.2 Å². The van der Waals surface area contributed by atoms with Crippen LogP contribution >= 0.6 is 11.6 Å². The zero-order valence-electron chi connectivity index (χ0n) is 16.7. The highest BCUT2D eigenvalue weighted by atomic mass is 35.5. The van der Waals surface area contributed by atoms with Crippen LogP contribution in [-0.4, -0.2) is 30.7 Å². The molecule has 2 aromatic carbocycles. The van der Waals surface area contributed by atoms with Crippen LogP contribution in [0.3, 0.4) is 0 Å². The number of hydrogen-bond donors (Lipinski definition) is 2. The van der Waals surface area contributed by atoms with Crippen LogP contribution in [0.15, 0.2) is 48.5 Å². The molecule has 0 saturated carbocycles. The van der Waals surface area contributed by atoms with Crippen LogP contribution in [0.1, 0.15) is 47.7 Å². The second-order valence-corrected chi connectivity index (χ2v) is 7.33. The normalized spacial score (nSPS) is 10.4. The fourth-order valence-corrected chi connectivity index (χ4v) is 3.21. The van der Waals surface area contributed by atoms with Crippen molar-refractivity contribution in [3.63, 3.8) is 0 Å². The van der Waals surface area contributed by atoms with Gasteiger partial charge in [0.15, 0.2) is 5.78 Å². The van der Waals surface area contributed by atoms with Gasteiger partial charge >= 0.3 is 0 Å². The predicted molar refractivity (Wildman–Crippen MR) is 115 cm³/mol. The number of halogens is 1. The summed E-state index contributed by atoms with van der Waals surface area (Å²) in [7, 11) is 0. The van der Waals surface area contributed by atoms with Gasteiger partial charge in [0.25, 0.3) is 0 Å². The van der Waals surface area contributed by atoms with Crippen molar-refractivity contribution in [2.75, 3.05) is 13.1 Å². The molecule has 0 aromatic heterocycles. The monoisotopic (exact) mass is 414 g/mol. The van der Waals surface area contributed by atoms with Gasteiger partial charge in [0.05, 0.1) is 0 Å². The number of rotatable bonds is 11. The first kappa shape index (κ1) is 22.6. The van der Waals surface area contributed by atoms with E-state index in [0.29, 0.717) is 49.4 Å². The van der Waals surface area contributed by atoms with Gasteiger partial charge in [0, 0.05) is 43.4 Å². The Kier molecular flexibility index (Phi) is 9.38. The lowest BCUT2D eigenvalue weighted by Crippen LogP contribution is -2.26. The quantitative estimate of drug-likeness (QED) is 0.434. The first-order chi connectivity index (χ1) is 14.0. The molecular weight excluding hydrogens is 388 g/mol. The Labute approximate surface area is 176 Å². The highest BCUT2D eigenvalue weighted by Crippen LogP contribution is 2.20. The van der Waals surface area contributed by atoms with E-state index in [1.807, 2.05) is 30.3 Å². The Bertz CT molecular complexity index is 837. The maximum absolute atomic E-state index is 12.5. The summed E-state index contributed by atoms with van der Waals surface area (Å²) >= 11 is 6.09. The van der Waals surface area contributed by atoms with Crippen molar-refractivity contribution < 1.29 is 14.4 Å². The van der Waals surface area contributed by atoms with Crippen LogP contribution in [0.2, 0.25) is 5.02 Å². The Morgan fingerprint density at radius 3 is 2.38 bits per heavy atom. The van der Waals surface area contributed by atoms with E-state index < -0.39 is 0 Å². The van der Waals surface area contributed by atoms with Gasteiger partial charge in [-0.05, 0) is 48.6 Å². The number of Topliss-reactive ketones (excluding diaryl/α,β-unsaturated/α-hetero) is 1. The smallest absolute Gasteiger partial charge is 0.220 e. The molecule has 0 saturated heterocycles. The number of ketones is 1. The third-order valence-electron chi connectivity index (χ3n) is 4.52. The van der Waals surface area contributed by atoms with Crippen LogP contribution in [0.4, 0.5) is 0 Å². The molecule has 0 radical (unpaired) electrons. The predicted octanol–water partition coefficient (Wildman–Crippen LogP) is 3.73. The third-order valence-corrected chi connectivity index (χ3v) is 4.76. The molecular formula is C23H27ClN2O3. The van der Waals surface area contributed by atoms with E-state index in [1.54, 1.807) is 18.2 Å². The number of aryl methyl sites for hydroxylation is 1. The van der Waals surface area contributed by atoms with E-state index in [0.717, 1.165) is 12.0 Å². The molecule has 6 heteroatoms. The number of benzene rings is 2. The molecule has 0 aliphatic rings. The van der Waals surface area contributed by atoms with E-state index >= 15 is 0 Å². The molecule has 2 N–H and O–H groups in total. The fourth-order valence-electron chi connectivity index (χ4n) is 3.02. The second kappa shape index (κ2) is 12.0. The molecule has 0 heterocycles. The fraction of sp³-hybridized carbons (Fsp3) is 0.348. The van der Waals surface area contributed by atoms with Crippen LogP contribution in [-0.2, 0) is 22.4 Å². The largest absolute Gasteiger partial charge is 0.356 e. The molecule has 0 spiro atoms. The average molecular weight is 415 g/mol. The number of nitrogens with one attached hydrogen (secondary N) is 2. The number of amides is 2. The summed E-state index contributed by atoms with van der Waals surface area (Å²) in [5.41, 5.74) is 2.55. The van der Waals surface area contributed by atoms with Crippen molar-refractivity contribution in [2.24, 2.45) is 0 Å². The van der Waals surface area contributed by atoms with Gasteiger partial charge in [0.1, 0.15) is 0 Å². The van der Waals surface area contributed by atoms with Crippen LogP contribution in [0.25, 0.3) is 0 Å². The molecule has 2 aromatic rings. The molecule has 0 atom stereocenters. The lowest BCUT2D eigenvalue weighted by Gasteiger charge is -2.10. The van der Waals surface area contributed by atoms with Gasteiger partial charge in [-0.25, -0.2) is 0 Å². The molecule has 2 rings (SSSR count). The van der Waals surface area contributed by atoms with E-state index in [1.165, 1.54) is 12.5 Å². The van der Waals surface area contributed by atoms with Gasteiger partial charge in [-0.2, -0.15) is 0 Å². The molecule has 5 nitrogen and oxygen atoms in total. The lowest BCUT2D eigenvalue weighted by atomic mass is 9.97. The summed E-state index contributed by atoms with van der Waals surface area (Å²) in [6, 6.07) is 15.1. The highest BCUT2D eigenvalue weighted by molar-refractivity contribution is 6.30. The first-order valence-corrected chi connectivity index (χ1v) is 10.2. The minimum atomic E-state index is -0.108. The van der Waals surface area contributed by atoms with E-state index in [4.69, 9.17) is 11.6 Å². The van der Waals surface area contributed by atoms with E-state index in [-0.39, 0.29) is 17.6 Å². The maximum atomic E-state index is 12.5. The molecule has 154 valence electrons. The Hall–Kier alpha value is -2.66. The molecule has 0 unspecified atom stereocenters. The van der Waals surface area contributed by atoms with Gasteiger partial charge in [-0.15, -0.1) is 0 Å². The minimum absolute atomic E-state index is 0.00787.